The summed E-state index contributed by atoms with van der Waals surface area (Å²) in [6.07, 6.45) is 3.64. The van der Waals surface area contributed by atoms with Gasteiger partial charge in [0.2, 0.25) is 0 Å². The summed E-state index contributed by atoms with van der Waals surface area (Å²) >= 11 is 6.64. The monoisotopic (exact) mass is 487 g/mol. The summed E-state index contributed by atoms with van der Waals surface area (Å²) in [5, 5.41) is 14.9. The van der Waals surface area contributed by atoms with Crippen molar-refractivity contribution in [3.63, 3.8) is 0 Å². The molecule has 1 aliphatic carbocycles. The molecule has 0 saturated heterocycles. The second-order valence-corrected chi connectivity index (χ2v) is 8.18. The van der Waals surface area contributed by atoms with Crippen LogP contribution in [0.1, 0.15) is 40.4 Å². The second kappa shape index (κ2) is 7.40. The van der Waals surface area contributed by atoms with Crippen LogP contribution in [0.3, 0.4) is 0 Å². The summed E-state index contributed by atoms with van der Waals surface area (Å²) in [6.45, 7) is 0. The van der Waals surface area contributed by atoms with Gasteiger partial charge < -0.3 is 5.11 Å². The number of carbonyl (C=O) groups is 1. The van der Waals surface area contributed by atoms with Gasteiger partial charge in [0.15, 0.2) is 0 Å². The number of amides is 1. The van der Waals surface area contributed by atoms with Crippen LogP contribution in [0.15, 0.2) is 56.5 Å². The van der Waals surface area contributed by atoms with Gasteiger partial charge in [-0.1, -0.05) is 34.1 Å². The molecule has 1 fully saturated rings. The van der Waals surface area contributed by atoms with Crippen molar-refractivity contribution in [3.05, 3.63) is 68.2 Å². The van der Waals surface area contributed by atoms with E-state index >= 15 is 0 Å². The number of nitrogens with one attached hydrogen (secondary N) is 1. The second-order valence-electron chi connectivity index (χ2n) is 6.41. The van der Waals surface area contributed by atoms with Gasteiger partial charge in [-0.3, -0.25) is 9.78 Å². The van der Waals surface area contributed by atoms with E-state index in [1.54, 1.807) is 12.1 Å². The van der Waals surface area contributed by atoms with Gasteiger partial charge in [-0.15, -0.1) is 0 Å². The van der Waals surface area contributed by atoms with Crippen molar-refractivity contribution in [1.82, 2.24) is 10.4 Å². The summed E-state index contributed by atoms with van der Waals surface area (Å²) in [7, 11) is 0. The Balaban J connectivity index is 1.62. The molecule has 0 radical (unpaired) electrons. The van der Waals surface area contributed by atoms with Crippen LogP contribution >= 0.6 is 31.9 Å². The van der Waals surface area contributed by atoms with Gasteiger partial charge in [-0.25, -0.2) is 5.43 Å². The molecule has 2 N–H and O–H groups in total. The van der Waals surface area contributed by atoms with Gasteiger partial charge in [-0.05, 0) is 53.0 Å². The number of rotatable bonds is 4. The number of benzene rings is 2. The maximum atomic E-state index is 12.7. The molecule has 1 aromatic heterocycles. The zero-order chi connectivity index (χ0) is 19.0. The van der Waals surface area contributed by atoms with Crippen LogP contribution < -0.4 is 5.43 Å². The van der Waals surface area contributed by atoms with Crippen LogP contribution in [0.5, 0.6) is 5.75 Å². The SMILES string of the molecule is O=C(NN=Cc1cc(Br)cc(Br)c1O)c1cc(C2CC2)nc2ccccc12. The zero-order valence-electron chi connectivity index (χ0n) is 14.1. The first-order valence-electron chi connectivity index (χ1n) is 8.44. The van der Waals surface area contributed by atoms with Crippen molar-refractivity contribution in [2.45, 2.75) is 18.8 Å². The summed E-state index contributed by atoms with van der Waals surface area (Å²) < 4.78 is 1.33. The quantitative estimate of drug-likeness (QED) is 0.396. The molecule has 0 spiro atoms. The van der Waals surface area contributed by atoms with E-state index in [0.717, 1.165) is 33.9 Å². The topological polar surface area (TPSA) is 74.6 Å². The molecule has 0 aliphatic heterocycles. The Morgan fingerprint density at radius 3 is 2.78 bits per heavy atom. The van der Waals surface area contributed by atoms with Gasteiger partial charge in [0.25, 0.3) is 5.91 Å². The lowest BCUT2D eigenvalue weighted by atomic mass is 10.1. The van der Waals surface area contributed by atoms with Gasteiger partial charge in [-0.2, -0.15) is 5.10 Å². The van der Waals surface area contributed by atoms with Crippen molar-refractivity contribution in [2.75, 3.05) is 0 Å². The van der Waals surface area contributed by atoms with E-state index in [1.807, 2.05) is 30.3 Å². The Labute approximate surface area is 172 Å². The van der Waals surface area contributed by atoms with Crippen LogP contribution in [0.25, 0.3) is 10.9 Å². The number of hydrazone groups is 1. The highest BCUT2D eigenvalue weighted by Gasteiger charge is 2.26. The molecule has 136 valence electrons. The van der Waals surface area contributed by atoms with Crippen molar-refractivity contribution < 1.29 is 9.90 Å². The normalized spacial score (nSPS) is 14.0. The number of phenolic OH excluding ortho intramolecular Hbond substituents is 1. The molecular weight excluding hydrogens is 474 g/mol. The van der Waals surface area contributed by atoms with Crippen LogP contribution in [0.2, 0.25) is 0 Å². The predicted molar refractivity (Wildman–Crippen MR) is 112 cm³/mol. The molecule has 1 saturated carbocycles. The van der Waals surface area contributed by atoms with Crippen molar-refractivity contribution in [2.24, 2.45) is 5.10 Å². The summed E-state index contributed by atoms with van der Waals surface area (Å²) in [6, 6.07) is 12.9. The maximum absolute atomic E-state index is 12.7. The first kappa shape index (κ1) is 18.1. The highest BCUT2D eigenvalue weighted by Crippen LogP contribution is 2.40. The number of fused-ring (bicyclic) bond motifs is 1. The molecule has 27 heavy (non-hydrogen) atoms. The van der Waals surface area contributed by atoms with Crippen LogP contribution in [0.4, 0.5) is 0 Å². The molecule has 0 atom stereocenters. The Morgan fingerprint density at radius 2 is 2.00 bits per heavy atom. The molecule has 1 heterocycles. The molecular formula is C20H15Br2N3O2. The fraction of sp³-hybridized carbons (Fsp3) is 0.150. The molecule has 4 rings (SSSR count). The third kappa shape index (κ3) is 3.89. The molecule has 7 heteroatoms. The van der Waals surface area contributed by atoms with E-state index in [2.05, 4.69) is 47.4 Å². The average molecular weight is 489 g/mol. The van der Waals surface area contributed by atoms with E-state index < -0.39 is 0 Å². The van der Waals surface area contributed by atoms with Crippen molar-refractivity contribution >= 4 is 54.9 Å². The van der Waals surface area contributed by atoms with Gasteiger partial charge in [0, 0.05) is 27.0 Å². The fourth-order valence-electron chi connectivity index (χ4n) is 2.88. The number of nitrogens with zero attached hydrogens (tertiary/aromatic N) is 2. The van der Waals surface area contributed by atoms with Crippen LogP contribution in [0, 0.1) is 0 Å². The Hall–Kier alpha value is -2.25. The zero-order valence-corrected chi connectivity index (χ0v) is 17.3. The highest BCUT2D eigenvalue weighted by atomic mass is 79.9. The number of aromatic hydroxyl groups is 1. The first-order valence-corrected chi connectivity index (χ1v) is 10.0. The number of halogens is 2. The van der Waals surface area contributed by atoms with E-state index in [4.69, 9.17) is 0 Å². The van der Waals surface area contributed by atoms with Crippen molar-refractivity contribution in [1.29, 1.82) is 0 Å². The molecule has 1 aliphatic rings. The summed E-state index contributed by atoms with van der Waals surface area (Å²) in [5.41, 5.74) is 5.35. The molecule has 0 unspecified atom stereocenters. The third-order valence-corrected chi connectivity index (χ3v) is 5.47. The number of carbonyl (C=O) groups excluding carboxylic acids is 1. The maximum Gasteiger partial charge on any atom is 0.272 e. The largest absolute Gasteiger partial charge is 0.506 e. The Bertz CT molecular complexity index is 1080. The van der Waals surface area contributed by atoms with Crippen LogP contribution in [-0.2, 0) is 0 Å². The van der Waals surface area contributed by atoms with Gasteiger partial charge in [0.05, 0.1) is 21.8 Å². The van der Waals surface area contributed by atoms with Crippen LogP contribution in [-0.4, -0.2) is 22.2 Å². The number of hydrogen-bond donors (Lipinski definition) is 2. The lowest BCUT2D eigenvalue weighted by Crippen LogP contribution is -2.18. The van der Waals surface area contributed by atoms with E-state index in [-0.39, 0.29) is 11.7 Å². The minimum atomic E-state index is -0.305. The molecule has 5 nitrogen and oxygen atoms in total. The molecule has 2 aromatic carbocycles. The van der Waals surface area contributed by atoms with E-state index in [0.29, 0.717) is 21.5 Å². The van der Waals surface area contributed by atoms with E-state index in [9.17, 15) is 9.90 Å². The predicted octanol–water partition coefficient (Wildman–Crippen LogP) is 5.11. The van der Waals surface area contributed by atoms with Gasteiger partial charge in [0.1, 0.15) is 5.75 Å². The number of para-hydroxylation sites is 1. The number of hydrogen-bond acceptors (Lipinski definition) is 4. The number of pyridine rings is 1. The smallest absolute Gasteiger partial charge is 0.272 e. The highest BCUT2D eigenvalue weighted by molar-refractivity contribution is 9.11. The summed E-state index contributed by atoms with van der Waals surface area (Å²) in [5.74, 6) is 0.197. The fourth-order valence-corrected chi connectivity index (χ4v) is 4.14. The minimum Gasteiger partial charge on any atom is -0.506 e. The van der Waals surface area contributed by atoms with Crippen molar-refractivity contribution in [3.8, 4) is 5.75 Å². The lowest BCUT2D eigenvalue weighted by Gasteiger charge is -2.08. The minimum absolute atomic E-state index is 0.0570. The van der Waals surface area contributed by atoms with E-state index in [1.165, 1.54) is 6.21 Å². The summed E-state index contributed by atoms with van der Waals surface area (Å²) in [4.78, 5) is 17.4. The average Bonchev–Trinajstić information content (AvgIpc) is 3.49. The molecule has 1 amide bonds. The Kier molecular flexibility index (Phi) is 4.97. The standard InChI is InChI=1S/C20H15Br2N3O2/c21-13-7-12(19(26)16(22)8-13)10-23-25-20(27)15-9-18(11-5-6-11)24-17-4-2-1-3-14(15)17/h1-4,7-11,26H,5-6H2,(H,25,27). The molecule has 0 bridgehead atoms. The van der Waals surface area contributed by atoms with Gasteiger partial charge >= 0.3 is 0 Å². The molecule has 3 aromatic rings. The third-order valence-electron chi connectivity index (χ3n) is 4.40. The first-order chi connectivity index (χ1) is 13.0. The lowest BCUT2D eigenvalue weighted by molar-refractivity contribution is 0.0956. The number of phenols is 1. The Morgan fingerprint density at radius 1 is 1.22 bits per heavy atom. The number of aromatic nitrogens is 1.